The van der Waals surface area contributed by atoms with Crippen LogP contribution in [0, 0.1) is 0 Å². The Hall–Kier alpha value is -1.96. The molecule has 2 amide bonds. The van der Waals surface area contributed by atoms with Crippen molar-refractivity contribution in [3.63, 3.8) is 0 Å². The summed E-state index contributed by atoms with van der Waals surface area (Å²) in [5.74, 6) is -0.583. The van der Waals surface area contributed by atoms with Crippen molar-refractivity contribution in [2.75, 3.05) is 26.2 Å². The van der Waals surface area contributed by atoms with E-state index in [9.17, 15) is 9.59 Å². The quantitative estimate of drug-likeness (QED) is 0.510. The Labute approximate surface area is 97.8 Å². The fourth-order valence-corrected chi connectivity index (χ4v) is 1.57. The minimum atomic E-state index is -0.608. The molecule has 0 saturated carbocycles. The summed E-state index contributed by atoms with van der Waals surface area (Å²) >= 11 is 0. The van der Waals surface area contributed by atoms with E-state index in [4.69, 9.17) is 0 Å². The number of hydrogen-bond donors (Lipinski definition) is 3. The van der Waals surface area contributed by atoms with Crippen LogP contribution in [-0.2, 0) is 16.1 Å². The summed E-state index contributed by atoms with van der Waals surface area (Å²) in [6, 6.07) is 0. The van der Waals surface area contributed by atoms with Gasteiger partial charge in [-0.3, -0.25) is 14.7 Å². The summed E-state index contributed by atoms with van der Waals surface area (Å²) in [6.07, 6.45) is 1.35. The molecule has 3 N–H and O–H groups in total. The standard InChI is InChI=1S/C9H14N6O2/c16-8(11-5-7-12-6-13-14-7)9(17)15-3-1-10-2-4-15/h6,10H,1-5H2,(H,11,16)(H,12,13,14). The second kappa shape index (κ2) is 5.39. The Morgan fingerprint density at radius 2 is 2.18 bits per heavy atom. The smallest absolute Gasteiger partial charge is 0.311 e. The number of nitrogens with one attached hydrogen (secondary N) is 3. The lowest BCUT2D eigenvalue weighted by Crippen LogP contribution is -2.51. The number of aromatic amines is 1. The zero-order valence-electron chi connectivity index (χ0n) is 9.27. The van der Waals surface area contributed by atoms with Gasteiger partial charge in [0.15, 0.2) is 0 Å². The van der Waals surface area contributed by atoms with Crippen molar-refractivity contribution in [3.05, 3.63) is 12.2 Å². The molecule has 1 aliphatic rings. The summed E-state index contributed by atoms with van der Waals surface area (Å²) in [5, 5.41) is 11.9. The van der Waals surface area contributed by atoms with E-state index in [1.807, 2.05) is 0 Å². The van der Waals surface area contributed by atoms with Crippen LogP contribution in [0.2, 0.25) is 0 Å². The van der Waals surface area contributed by atoms with E-state index >= 15 is 0 Å². The summed E-state index contributed by atoms with van der Waals surface area (Å²) in [5.41, 5.74) is 0. The Kier molecular flexibility index (Phi) is 3.66. The first-order valence-electron chi connectivity index (χ1n) is 5.39. The maximum absolute atomic E-state index is 11.7. The van der Waals surface area contributed by atoms with Gasteiger partial charge in [-0.15, -0.1) is 0 Å². The predicted octanol–water partition coefficient (Wildman–Crippen LogP) is -2.15. The lowest BCUT2D eigenvalue weighted by atomic mass is 10.3. The van der Waals surface area contributed by atoms with E-state index < -0.39 is 11.8 Å². The molecule has 0 aromatic carbocycles. The number of H-pyrrole nitrogens is 1. The molecule has 0 atom stereocenters. The molecule has 0 spiro atoms. The van der Waals surface area contributed by atoms with Crippen LogP contribution in [0.5, 0.6) is 0 Å². The molecule has 1 aliphatic heterocycles. The Bertz CT molecular complexity index is 384. The van der Waals surface area contributed by atoms with Gasteiger partial charge < -0.3 is 15.5 Å². The molecule has 0 radical (unpaired) electrons. The zero-order chi connectivity index (χ0) is 12.1. The van der Waals surface area contributed by atoms with Crippen molar-refractivity contribution in [1.29, 1.82) is 0 Å². The van der Waals surface area contributed by atoms with Crippen molar-refractivity contribution in [3.8, 4) is 0 Å². The SMILES string of the molecule is O=C(NCc1ncn[nH]1)C(=O)N1CCNCC1. The molecular formula is C9H14N6O2. The van der Waals surface area contributed by atoms with Crippen molar-refractivity contribution >= 4 is 11.8 Å². The molecule has 1 saturated heterocycles. The maximum atomic E-state index is 11.7. The van der Waals surface area contributed by atoms with Crippen molar-refractivity contribution < 1.29 is 9.59 Å². The number of rotatable bonds is 2. The van der Waals surface area contributed by atoms with Crippen LogP contribution < -0.4 is 10.6 Å². The average molecular weight is 238 g/mol. The first kappa shape index (κ1) is 11.5. The van der Waals surface area contributed by atoms with Gasteiger partial charge in [0.1, 0.15) is 12.2 Å². The predicted molar refractivity (Wildman–Crippen MR) is 57.7 cm³/mol. The van der Waals surface area contributed by atoms with Crippen LogP contribution in [0.15, 0.2) is 6.33 Å². The van der Waals surface area contributed by atoms with Gasteiger partial charge in [-0.1, -0.05) is 0 Å². The molecular weight excluding hydrogens is 224 g/mol. The second-order valence-electron chi connectivity index (χ2n) is 3.66. The van der Waals surface area contributed by atoms with Gasteiger partial charge >= 0.3 is 11.8 Å². The molecule has 2 heterocycles. The third-order valence-corrected chi connectivity index (χ3v) is 2.48. The highest BCUT2D eigenvalue weighted by atomic mass is 16.2. The van der Waals surface area contributed by atoms with E-state index in [1.165, 1.54) is 11.2 Å². The van der Waals surface area contributed by atoms with E-state index in [0.29, 0.717) is 18.9 Å². The van der Waals surface area contributed by atoms with Gasteiger partial charge in [0.25, 0.3) is 0 Å². The van der Waals surface area contributed by atoms with E-state index in [-0.39, 0.29) is 6.54 Å². The van der Waals surface area contributed by atoms with Crippen molar-refractivity contribution in [2.45, 2.75) is 6.54 Å². The number of nitrogens with zero attached hydrogens (tertiary/aromatic N) is 3. The largest absolute Gasteiger partial charge is 0.341 e. The van der Waals surface area contributed by atoms with Crippen LogP contribution in [-0.4, -0.2) is 58.1 Å². The molecule has 92 valence electrons. The maximum Gasteiger partial charge on any atom is 0.311 e. The van der Waals surface area contributed by atoms with E-state index in [1.54, 1.807) is 0 Å². The second-order valence-corrected chi connectivity index (χ2v) is 3.66. The van der Waals surface area contributed by atoms with E-state index in [0.717, 1.165) is 13.1 Å². The van der Waals surface area contributed by atoms with Gasteiger partial charge in [0, 0.05) is 26.2 Å². The number of amides is 2. The molecule has 2 rings (SSSR count). The lowest BCUT2D eigenvalue weighted by Gasteiger charge is -2.26. The van der Waals surface area contributed by atoms with Crippen LogP contribution in [0.1, 0.15) is 5.82 Å². The van der Waals surface area contributed by atoms with Crippen LogP contribution >= 0.6 is 0 Å². The molecule has 1 fully saturated rings. The highest BCUT2D eigenvalue weighted by Gasteiger charge is 2.22. The molecule has 1 aromatic rings. The summed E-state index contributed by atoms with van der Waals surface area (Å²) in [6.45, 7) is 2.75. The molecule has 0 aliphatic carbocycles. The molecule has 1 aromatic heterocycles. The number of piperazine rings is 1. The first-order valence-corrected chi connectivity index (χ1v) is 5.39. The fourth-order valence-electron chi connectivity index (χ4n) is 1.57. The Balaban J connectivity index is 1.80. The molecule has 8 nitrogen and oxygen atoms in total. The van der Waals surface area contributed by atoms with Crippen LogP contribution in [0.3, 0.4) is 0 Å². The Morgan fingerprint density at radius 1 is 1.41 bits per heavy atom. The first-order chi connectivity index (χ1) is 8.27. The number of hydrogen-bond acceptors (Lipinski definition) is 5. The highest BCUT2D eigenvalue weighted by Crippen LogP contribution is 1.94. The van der Waals surface area contributed by atoms with Crippen LogP contribution in [0.25, 0.3) is 0 Å². The van der Waals surface area contributed by atoms with Gasteiger partial charge in [-0.2, -0.15) is 5.10 Å². The monoisotopic (exact) mass is 238 g/mol. The van der Waals surface area contributed by atoms with Crippen molar-refractivity contribution in [1.82, 2.24) is 30.7 Å². The fraction of sp³-hybridized carbons (Fsp3) is 0.556. The summed E-state index contributed by atoms with van der Waals surface area (Å²) < 4.78 is 0. The molecule has 0 bridgehead atoms. The average Bonchev–Trinajstić information content (AvgIpc) is 2.89. The number of aromatic nitrogens is 3. The number of carbonyl (C=O) groups is 2. The zero-order valence-corrected chi connectivity index (χ0v) is 9.27. The minimum absolute atomic E-state index is 0.177. The minimum Gasteiger partial charge on any atom is -0.341 e. The van der Waals surface area contributed by atoms with Crippen molar-refractivity contribution in [2.24, 2.45) is 0 Å². The van der Waals surface area contributed by atoms with Gasteiger partial charge in [0.2, 0.25) is 0 Å². The van der Waals surface area contributed by atoms with E-state index in [2.05, 4.69) is 25.8 Å². The number of carbonyl (C=O) groups excluding carboxylic acids is 2. The third-order valence-electron chi connectivity index (χ3n) is 2.48. The molecule has 8 heteroatoms. The molecule has 0 unspecified atom stereocenters. The topological polar surface area (TPSA) is 103 Å². The Morgan fingerprint density at radius 3 is 2.82 bits per heavy atom. The lowest BCUT2D eigenvalue weighted by molar-refractivity contribution is -0.146. The summed E-state index contributed by atoms with van der Waals surface area (Å²) in [4.78, 5) is 28.6. The normalized spacial score (nSPS) is 15.6. The van der Waals surface area contributed by atoms with Crippen LogP contribution in [0.4, 0.5) is 0 Å². The third kappa shape index (κ3) is 3.00. The summed E-state index contributed by atoms with van der Waals surface area (Å²) in [7, 11) is 0. The van der Waals surface area contributed by atoms with Gasteiger partial charge in [-0.25, -0.2) is 4.98 Å². The molecule has 17 heavy (non-hydrogen) atoms. The van der Waals surface area contributed by atoms with Gasteiger partial charge in [0.05, 0.1) is 6.54 Å². The highest BCUT2D eigenvalue weighted by molar-refractivity contribution is 6.34. The van der Waals surface area contributed by atoms with Gasteiger partial charge in [-0.05, 0) is 0 Å².